The third-order valence-electron chi connectivity index (χ3n) is 4.81. The highest BCUT2D eigenvalue weighted by atomic mass is 31.2. The summed E-state index contributed by atoms with van der Waals surface area (Å²) in [5.74, 6) is -0.142. The Kier molecular flexibility index (Phi) is 6.99. The topological polar surface area (TPSA) is 29.1 Å². The lowest BCUT2D eigenvalue weighted by Gasteiger charge is -2.29. The van der Waals surface area contributed by atoms with Gasteiger partial charge in [-0.15, -0.1) is 0 Å². The van der Waals surface area contributed by atoms with Gasteiger partial charge in [0.15, 0.2) is 0 Å². The van der Waals surface area contributed by atoms with E-state index in [-0.39, 0.29) is 17.4 Å². The molecule has 0 bridgehead atoms. The molecule has 0 saturated carbocycles. The average molecular weight is 326 g/mol. The maximum Gasteiger partial charge on any atom is 0.265 e. The van der Waals surface area contributed by atoms with Crippen molar-refractivity contribution in [3.63, 3.8) is 0 Å². The van der Waals surface area contributed by atoms with Gasteiger partial charge in [0.1, 0.15) is 11.5 Å². The minimum atomic E-state index is -1.28. The third-order valence-corrected chi connectivity index (χ3v) is 9.69. The van der Waals surface area contributed by atoms with Crippen molar-refractivity contribution >= 4 is 18.9 Å². The Labute approximate surface area is 135 Å². The number of carbonyl (C=O) groups is 1. The van der Waals surface area contributed by atoms with Crippen LogP contribution in [0.4, 0.5) is 10.1 Å². The van der Waals surface area contributed by atoms with Gasteiger partial charge in [-0.3, -0.25) is 4.79 Å². The predicted molar refractivity (Wildman–Crippen MR) is 97.1 cm³/mol. The number of hydrogen-bond donors (Lipinski definition) is 1. The van der Waals surface area contributed by atoms with Crippen LogP contribution in [0.1, 0.15) is 44.7 Å². The second-order valence-corrected chi connectivity index (χ2v) is 11.2. The monoisotopic (exact) mass is 326 g/mol. The molecule has 0 fully saturated rings. The summed E-state index contributed by atoms with van der Waals surface area (Å²) in [4.78, 5) is 12.9. The number of nitrogens with one attached hydrogen (secondary N) is 1. The SMILES string of the molecule is CCCC(C(=O)Nc1c(C)cc(F)cc1C)[P+](C)(CC)CC. The number of amides is 1. The summed E-state index contributed by atoms with van der Waals surface area (Å²) >= 11 is 0. The van der Waals surface area contributed by atoms with Crippen molar-refractivity contribution in [2.45, 2.75) is 53.1 Å². The van der Waals surface area contributed by atoms with Gasteiger partial charge in [0, 0.05) is 19.6 Å². The molecule has 2 nitrogen and oxygen atoms in total. The molecule has 0 spiro atoms. The van der Waals surface area contributed by atoms with Crippen molar-refractivity contribution in [2.24, 2.45) is 0 Å². The first-order chi connectivity index (χ1) is 10.3. The van der Waals surface area contributed by atoms with Crippen molar-refractivity contribution in [3.05, 3.63) is 29.1 Å². The van der Waals surface area contributed by atoms with Gasteiger partial charge in [0.25, 0.3) is 5.91 Å². The molecule has 1 aromatic carbocycles. The summed E-state index contributed by atoms with van der Waals surface area (Å²) in [6.07, 6.45) is 4.11. The van der Waals surface area contributed by atoms with Crippen LogP contribution in [-0.4, -0.2) is 30.6 Å². The second kappa shape index (κ2) is 8.06. The predicted octanol–water partition coefficient (Wildman–Crippen LogP) is 5.24. The minimum Gasteiger partial charge on any atom is -0.322 e. The molecule has 0 aliphatic heterocycles. The van der Waals surface area contributed by atoms with Crippen molar-refractivity contribution in [3.8, 4) is 0 Å². The van der Waals surface area contributed by atoms with Gasteiger partial charge in [-0.25, -0.2) is 4.39 Å². The molecular formula is C18H30FNOP+. The summed E-state index contributed by atoms with van der Waals surface area (Å²) in [6, 6.07) is 2.96. The quantitative estimate of drug-likeness (QED) is 0.682. The van der Waals surface area contributed by atoms with E-state index in [0.717, 1.165) is 42.0 Å². The number of rotatable bonds is 7. The summed E-state index contributed by atoms with van der Waals surface area (Å²) in [6.45, 7) is 12.5. The van der Waals surface area contributed by atoms with E-state index in [2.05, 4.69) is 32.8 Å². The Morgan fingerprint density at radius 2 is 1.68 bits per heavy atom. The van der Waals surface area contributed by atoms with E-state index in [1.54, 1.807) is 0 Å². The van der Waals surface area contributed by atoms with Gasteiger partial charge in [-0.1, -0.05) is 13.3 Å². The molecule has 1 N–H and O–H groups in total. The zero-order valence-electron chi connectivity index (χ0n) is 14.8. The molecule has 0 heterocycles. The zero-order valence-corrected chi connectivity index (χ0v) is 15.7. The van der Waals surface area contributed by atoms with Gasteiger partial charge in [0.05, 0.1) is 12.3 Å². The van der Waals surface area contributed by atoms with E-state index < -0.39 is 7.26 Å². The number of anilines is 1. The van der Waals surface area contributed by atoms with Gasteiger partial charge >= 0.3 is 0 Å². The van der Waals surface area contributed by atoms with E-state index in [1.165, 1.54) is 12.1 Å². The maximum atomic E-state index is 13.4. The standard InChI is InChI=1S/C18H29FNOP/c1-7-10-16(22(6,8-2)9-3)18(21)20-17-13(4)11-15(19)12-14(17)5/h11-12,16H,7-10H2,1-6H3/p+1. The molecule has 4 heteroatoms. The average Bonchev–Trinajstić information content (AvgIpc) is 2.47. The lowest BCUT2D eigenvalue weighted by molar-refractivity contribution is -0.116. The van der Waals surface area contributed by atoms with E-state index in [4.69, 9.17) is 0 Å². The molecule has 0 aromatic heterocycles. The molecule has 22 heavy (non-hydrogen) atoms. The molecule has 1 atom stereocenters. The molecule has 1 amide bonds. The van der Waals surface area contributed by atoms with E-state index in [1.807, 2.05) is 13.8 Å². The molecule has 124 valence electrons. The van der Waals surface area contributed by atoms with Gasteiger partial charge in [0.2, 0.25) is 0 Å². The first kappa shape index (κ1) is 19.1. The summed E-state index contributed by atoms with van der Waals surface area (Å²) in [7, 11) is -1.28. The molecular weight excluding hydrogens is 296 g/mol. The first-order valence-corrected chi connectivity index (χ1v) is 10.9. The Morgan fingerprint density at radius 3 is 2.09 bits per heavy atom. The van der Waals surface area contributed by atoms with Crippen LogP contribution in [0.2, 0.25) is 0 Å². The van der Waals surface area contributed by atoms with Crippen LogP contribution in [0.5, 0.6) is 0 Å². The fourth-order valence-corrected chi connectivity index (χ4v) is 5.82. The van der Waals surface area contributed by atoms with Crippen molar-refractivity contribution < 1.29 is 9.18 Å². The van der Waals surface area contributed by atoms with Gasteiger partial charge in [-0.05, 0) is 57.4 Å². The Balaban J connectivity index is 3.07. The van der Waals surface area contributed by atoms with E-state index >= 15 is 0 Å². The molecule has 0 saturated heterocycles. The van der Waals surface area contributed by atoms with E-state index in [0.29, 0.717) is 0 Å². The Hall–Kier alpha value is -0.950. The first-order valence-electron chi connectivity index (χ1n) is 8.20. The zero-order chi connectivity index (χ0) is 16.9. The third kappa shape index (κ3) is 4.29. The highest BCUT2D eigenvalue weighted by Gasteiger charge is 2.42. The van der Waals surface area contributed by atoms with Crippen LogP contribution in [0.3, 0.4) is 0 Å². The van der Waals surface area contributed by atoms with Crippen LogP contribution in [0.15, 0.2) is 12.1 Å². The molecule has 1 unspecified atom stereocenters. The van der Waals surface area contributed by atoms with E-state index in [9.17, 15) is 9.18 Å². The molecule has 1 rings (SSSR count). The highest BCUT2D eigenvalue weighted by Crippen LogP contribution is 2.60. The second-order valence-electron chi connectivity index (χ2n) is 6.32. The minimum absolute atomic E-state index is 0.0938. The lowest BCUT2D eigenvalue weighted by Crippen LogP contribution is -2.32. The van der Waals surface area contributed by atoms with Crippen molar-refractivity contribution in [1.29, 1.82) is 0 Å². The molecule has 0 radical (unpaired) electrons. The number of hydrogen-bond acceptors (Lipinski definition) is 1. The molecule has 0 aliphatic carbocycles. The number of benzene rings is 1. The summed E-state index contributed by atoms with van der Waals surface area (Å²) in [5.41, 5.74) is 2.44. The number of halogens is 1. The maximum absolute atomic E-state index is 13.4. The fraction of sp³-hybridized carbons (Fsp3) is 0.611. The van der Waals surface area contributed by atoms with Gasteiger partial charge in [-0.2, -0.15) is 0 Å². The summed E-state index contributed by atoms with van der Waals surface area (Å²) in [5, 5.41) is 3.09. The number of aryl methyl sites for hydroxylation is 2. The Morgan fingerprint density at radius 1 is 1.18 bits per heavy atom. The van der Waals surface area contributed by atoms with Crippen LogP contribution < -0.4 is 5.32 Å². The lowest BCUT2D eigenvalue weighted by atomic mass is 10.1. The largest absolute Gasteiger partial charge is 0.322 e. The summed E-state index contributed by atoms with van der Waals surface area (Å²) < 4.78 is 13.4. The fourth-order valence-electron chi connectivity index (χ4n) is 2.98. The van der Waals surface area contributed by atoms with Crippen molar-refractivity contribution in [2.75, 3.05) is 24.3 Å². The molecule has 0 aliphatic rings. The van der Waals surface area contributed by atoms with Crippen molar-refractivity contribution in [1.82, 2.24) is 0 Å². The smallest absolute Gasteiger partial charge is 0.265 e. The van der Waals surface area contributed by atoms with Crippen LogP contribution in [0, 0.1) is 19.7 Å². The van der Waals surface area contributed by atoms with Crippen LogP contribution in [0.25, 0.3) is 0 Å². The van der Waals surface area contributed by atoms with Gasteiger partial charge < -0.3 is 5.32 Å². The Bertz CT molecular complexity index is 503. The van der Waals surface area contributed by atoms with Crippen LogP contribution in [-0.2, 0) is 4.79 Å². The normalized spacial score (nSPS) is 13.0. The molecule has 1 aromatic rings. The highest BCUT2D eigenvalue weighted by molar-refractivity contribution is 7.76. The van der Waals surface area contributed by atoms with Crippen LogP contribution >= 0.6 is 7.26 Å². The number of carbonyl (C=O) groups excluding carboxylic acids is 1.